The van der Waals surface area contributed by atoms with Crippen LogP contribution in [0.5, 0.6) is 0 Å². The SMILES string of the molecule is CC(O)(c1cc2cc(F)ccc2o1)C1CCOC1. The van der Waals surface area contributed by atoms with Gasteiger partial charge < -0.3 is 14.3 Å². The predicted molar refractivity (Wildman–Crippen MR) is 64.7 cm³/mol. The molecular weight excluding hydrogens is 235 g/mol. The molecule has 1 fully saturated rings. The molecular formula is C14H15FO3. The molecule has 1 aromatic carbocycles. The van der Waals surface area contributed by atoms with E-state index in [1.54, 1.807) is 19.1 Å². The zero-order chi connectivity index (χ0) is 12.8. The number of aliphatic hydroxyl groups is 1. The van der Waals surface area contributed by atoms with E-state index in [1.807, 2.05) is 0 Å². The van der Waals surface area contributed by atoms with E-state index in [0.717, 1.165) is 6.42 Å². The summed E-state index contributed by atoms with van der Waals surface area (Å²) in [6, 6.07) is 6.04. The van der Waals surface area contributed by atoms with Crippen LogP contribution in [0, 0.1) is 11.7 Å². The maximum absolute atomic E-state index is 13.1. The molecule has 3 rings (SSSR count). The van der Waals surface area contributed by atoms with Gasteiger partial charge in [-0.3, -0.25) is 0 Å². The van der Waals surface area contributed by atoms with Gasteiger partial charge >= 0.3 is 0 Å². The summed E-state index contributed by atoms with van der Waals surface area (Å²) in [4.78, 5) is 0. The maximum atomic E-state index is 13.1. The molecule has 18 heavy (non-hydrogen) atoms. The third-order valence-corrected chi connectivity index (χ3v) is 3.70. The summed E-state index contributed by atoms with van der Waals surface area (Å²) in [5, 5.41) is 11.3. The first kappa shape index (κ1) is 11.7. The van der Waals surface area contributed by atoms with Crippen molar-refractivity contribution in [3.8, 4) is 0 Å². The van der Waals surface area contributed by atoms with E-state index in [0.29, 0.717) is 29.9 Å². The summed E-state index contributed by atoms with van der Waals surface area (Å²) in [5.41, 5.74) is -0.489. The van der Waals surface area contributed by atoms with Gasteiger partial charge in [0.15, 0.2) is 0 Å². The highest BCUT2D eigenvalue weighted by molar-refractivity contribution is 5.78. The summed E-state index contributed by atoms with van der Waals surface area (Å²) < 4.78 is 24.0. The lowest BCUT2D eigenvalue weighted by molar-refractivity contribution is -0.0266. The number of hydrogen-bond donors (Lipinski definition) is 1. The molecule has 1 saturated heterocycles. The predicted octanol–water partition coefficient (Wildman–Crippen LogP) is 2.82. The molecule has 0 radical (unpaired) electrons. The van der Waals surface area contributed by atoms with Gasteiger partial charge in [0.05, 0.1) is 6.61 Å². The van der Waals surface area contributed by atoms with E-state index < -0.39 is 5.60 Å². The lowest BCUT2D eigenvalue weighted by Crippen LogP contribution is -2.31. The number of halogens is 1. The van der Waals surface area contributed by atoms with Crippen molar-refractivity contribution in [1.82, 2.24) is 0 Å². The highest BCUT2D eigenvalue weighted by Gasteiger charge is 2.39. The van der Waals surface area contributed by atoms with Gasteiger partial charge in [-0.15, -0.1) is 0 Å². The molecule has 0 bridgehead atoms. The van der Waals surface area contributed by atoms with Gasteiger partial charge in [-0.05, 0) is 37.6 Å². The zero-order valence-corrected chi connectivity index (χ0v) is 10.1. The third-order valence-electron chi connectivity index (χ3n) is 3.70. The lowest BCUT2D eigenvalue weighted by Gasteiger charge is -2.26. The Hall–Kier alpha value is -1.39. The van der Waals surface area contributed by atoms with Crippen molar-refractivity contribution in [2.45, 2.75) is 18.9 Å². The second-order valence-electron chi connectivity index (χ2n) is 5.00. The van der Waals surface area contributed by atoms with Crippen LogP contribution in [-0.4, -0.2) is 18.3 Å². The van der Waals surface area contributed by atoms with Gasteiger partial charge in [0.2, 0.25) is 0 Å². The van der Waals surface area contributed by atoms with E-state index >= 15 is 0 Å². The first-order chi connectivity index (χ1) is 8.57. The van der Waals surface area contributed by atoms with E-state index in [1.165, 1.54) is 12.1 Å². The quantitative estimate of drug-likeness (QED) is 0.891. The second-order valence-corrected chi connectivity index (χ2v) is 5.00. The monoisotopic (exact) mass is 250 g/mol. The van der Waals surface area contributed by atoms with Crippen LogP contribution in [0.15, 0.2) is 28.7 Å². The fourth-order valence-electron chi connectivity index (χ4n) is 2.44. The van der Waals surface area contributed by atoms with E-state index in [-0.39, 0.29) is 11.7 Å². The van der Waals surface area contributed by atoms with Crippen molar-refractivity contribution in [2.75, 3.05) is 13.2 Å². The smallest absolute Gasteiger partial charge is 0.136 e. The molecule has 2 unspecified atom stereocenters. The molecule has 1 aromatic heterocycles. The van der Waals surface area contributed by atoms with Crippen LogP contribution < -0.4 is 0 Å². The van der Waals surface area contributed by atoms with Gasteiger partial charge in [0, 0.05) is 17.9 Å². The summed E-state index contributed by atoms with van der Waals surface area (Å²) in [7, 11) is 0. The van der Waals surface area contributed by atoms with Crippen molar-refractivity contribution < 1.29 is 18.7 Å². The van der Waals surface area contributed by atoms with Crippen LogP contribution in [0.2, 0.25) is 0 Å². The van der Waals surface area contributed by atoms with Crippen molar-refractivity contribution in [1.29, 1.82) is 0 Å². The van der Waals surface area contributed by atoms with Crippen LogP contribution in [0.3, 0.4) is 0 Å². The molecule has 1 aliphatic rings. The molecule has 2 aromatic rings. The number of hydrogen-bond acceptors (Lipinski definition) is 3. The minimum Gasteiger partial charge on any atom is -0.458 e. The van der Waals surface area contributed by atoms with Crippen molar-refractivity contribution in [3.05, 3.63) is 35.8 Å². The molecule has 1 aliphatic heterocycles. The Morgan fingerprint density at radius 2 is 2.22 bits per heavy atom. The second kappa shape index (κ2) is 4.07. The molecule has 96 valence electrons. The Bertz CT molecular complexity index is 567. The van der Waals surface area contributed by atoms with E-state index in [2.05, 4.69) is 0 Å². The topological polar surface area (TPSA) is 42.6 Å². The Morgan fingerprint density at radius 1 is 1.39 bits per heavy atom. The molecule has 4 heteroatoms. The summed E-state index contributed by atoms with van der Waals surface area (Å²) in [6.45, 7) is 2.91. The van der Waals surface area contributed by atoms with Crippen LogP contribution in [-0.2, 0) is 10.3 Å². The van der Waals surface area contributed by atoms with E-state index in [4.69, 9.17) is 9.15 Å². The van der Waals surface area contributed by atoms with Crippen LogP contribution >= 0.6 is 0 Å². The highest BCUT2D eigenvalue weighted by atomic mass is 19.1. The first-order valence-corrected chi connectivity index (χ1v) is 6.07. The largest absolute Gasteiger partial charge is 0.458 e. The number of rotatable bonds is 2. The van der Waals surface area contributed by atoms with E-state index in [9.17, 15) is 9.50 Å². The third kappa shape index (κ3) is 1.82. The molecule has 0 spiro atoms. The number of furan rings is 1. The normalized spacial score (nSPS) is 23.4. The summed E-state index contributed by atoms with van der Waals surface area (Å²) in [6.07, 6.45) is 0.804. The Labute approximate surface area is 104 Å². The molecule has 3 nitrogen and oxygen atoms in total. The van der Waals surface area contributed by atoms with Gasteiger partial charge in [-0.1, -0.05) is 0 Å². The van der Waals surface area contributed by atoms with Crippen LogP contribution in [0.25, 0.3) is 11.0 Å². The standard InChI is InChI=1S/C14H15FO3/c1-14(16,10-4-5-17-8-10)13-7-9-6-11(15)2-3-12(9)18-13/h2-3,6-7,10,16H,4-5,8H2,1H3. The summed E-state index contributed by atoms with van der Waals surface area (Å²) >= 11 is 0. The van der Waals surface area contributed by atoms with Gasteiger partial charge in [0.1, 0.15) is 22.8 Å². The zero-order valence-electron chi connectivity index (χ0n) is 10.1. The van der Waals surface area contributed by atoms with Crippen molar-refractivity contribution in [2.24, 2.45) is 5.92 Å². The summed E-state index contributed by atoms with van der Waals surface area (Å²) in [5.74, 6) is 0.181. The lowest BCUT2D eigenvalue weighted by atomic mass is 9.86. The fourth-order valence-corrected chi connectivity index (χ4v) is 2.44. The molecule has 2 atom stereocenters. The fraction of sp³-hybridized carbons (Fsp3) is 0.429. The Morgan fingerprint density at radius 3 is 2.94 bits per heavy atom. The van der Waals surface area contributed by atoms with Crippen LogP contribution in [0.4, 0.5) is 4.39 Å². The van der Waals surface area contributed by atoms with Crippen LogP contribution in [0.1, 0.15) is 19.1 Å². The molecule has 0 saturated carbocycles. The molecule has 0 amide bonds. The number of fused-ring (bicyclic) bond motifs is 1. The van der Waals surface area contributed by atoms with Gasteiger partial charge in [-0.2, -0.15) is 0 Å². The Balaban J connectivity index is 2.02. The first-order valence-electron chi connectivity index (χ1n) is 6.07. The van der Waals surface area contributed by atoms with Gasteiger partial charge in [-0.25, -0.2) is 4.39 Å². The molecule has 0 aliphatic carbocycles. The minimum atomic E-state index is -1.08. The molecule has 1 N–H and O–H groups in total. The van der Waals surface area contributed by atoms with Gasteiger partial charge in [0.25, 0.3) is 0 Å². The Kier molecular flexibility index (Phi) is 2.64. The molecule has 2 heterocycles. The maximum Gasteiger partial charge on any atom is 0.136 e. The number of benzene rings is 1. The minimum absolute atomic E-state index is 0.0166. The number of ether oxygens (including phenoxy) is 1. The average molecular weight is 250 g/mol. The average Bonchev–Trinajstić information content (AvgIpc) is 2.97. The van der Waals surface area contributed by atoms with Crippen molar-refractivity contribution in [3.63, 3.8) is 0 Å². The highest BCUT2D eigenvalue weighted by Crippen LogP contribution is 2.37. The van der Waals surface area contributed by atoms with Crippen molar-refractivity contribution >= 4 is 11.0 Å².